The molecule has 0 spiro atoms. The third kappa shape index (κ3) is 23.2. The van der Waals surface area contributed by atoms with E-state index in [1.54, 1.807) is 0 Å². The Bertz CT molecular complexity index is 456. The molecule has 0 N–H and O–H groups in total. The van der Waals surface area contributed by atoms with E-state index in [1.165, 1.54) is 90.6 Å². The molecule has 0 amide bonds. The van der Waals surface area contributed by atoms with Crippen LogP contribution in [0.25, 0.3) is 0 Å². The van der Waals surface area contributed by atoms with Gasteiger partial charge < -0.3 is 27.9 Å². The van der Waals surface area contributed by atoms with Gasteiger partial charge in [-0.05, 0) is 6.42 Å². The van der Waals surface area contributed by atoms with Crippen LogP contribution < -0.4 is 4.89 Å². The minimum Gasteiger partial charge on any atom is -0.778 e. The second-order valence-corrected chi connectivity index (χ2v) is 12.0. The maximum absolute atomic E-state index is 12.1. The summed E-state index contributed by atoms with van der Waals surface area (Å²) in [6.07, 6.45) is 18.0. The maximum Gasteiger partial charge on any atom is 0.137 e. The Labute approximate surface area is 199 Å². The van der Waals surface area contributed by atoms with Crippen molar-refractivity contribution in [3.63, 3.8) is 0 Å². The molecule has 0 aromatic heterocycles. The molecule has 2 unspecified atom stereocenters. The van der Waals surface area contributed by atoms with Gasteiger partial charge in [0.2, 0.25) is 0 Å². The third-order valence-electron chi connectivity index (χ3n) is 5.76. The minimum atomic E-state index is -3.91. The van der Waals surface area contributed by atoms with Gasteiger partial charge in [-0.2, -0.15) is 0 Å². The van der Waals surface area contributed by atoms with Crippen LogP contribution in [0.15, 0.2) is 0 Å². The molecule has 0 bridgehead atoms. The molecule has 0 fully saturated rings. The van der Waals surface area contributed by atoms with Crippen molar-refractivity contribution < 1.29 is 27.9 Å². The van der Waals surface area contributed by atoms with Gasteiger partial charge in [0.05, 0.1) is 33.9 Å². The molecule has 7 heteroatoms. The predicted molar refractivity (Wildman–Crippen MR) is 133 cm³/mol. The molecule has 0 radical (unpaired) electrons. The number of likely N-dealkylation sites (N-methyl/N-ethyl adjacent to an activating group) is 1. The number of hydrogen-bond donors (Lipinski definition) is 0. The molecule has 6 nitrogen and oxygen atoms in total. The average molecular weight is 480 g/mol. The Morgan fingerprint density at radius 1 is 0.781 bits per heavy atom. The van der Waals surface area contributed by atoms with Crippen LogP contribution in [0.4, 0.5) is 0 Å². The quantitative estimate of drug-likeness (QED) is 0.0998. The molecule has 0 aliphatic carbocycles. The van der Waals surface area contributed by atoms with Crippen molar-refractivity contribution in [1.82, 2.24) is 0 Å². The van der Waals surface area contributed by atoms with E-state index in [4.69, 9.17) is 14.0 Å². The average Bonchev–Trinajstić information content (AvgIpc) is 2.71. The van der Waals surface area contributed by atoms with E-state index in [0.29, 0.717) is 24.2 Å². The summed E-state index contributed by atoms with van der Waals surface area (Å²) in [5.74, 6) is 0. The number of quaternary nitrogens is 1. The number of rotatable bonds is 24. The van der Waals surface area contributed by atoms with Gasteiger partial charge in [0.1, 0.15) is 20.7 Å². The molecule has 0 aromatic carbocycles. The van der Waals surface area contributed by atoms with E-state index in [9.17, 15) is 9.46 Å². The standard InChI is InChI=1S/C25H54NO5P/c1-6-7-8-9-10-11-12-13-14-15-16-17-18-19-21-30-23-25(29-5)24-32(27,28)31-22-20-26(2,3)4/h25H,6-24H2,1-5H3. The molecule has 0 aliphatic rings. The van der Waals surface area contributed by atoms with E-state index < -0.39 is 13.7 Å². The first-order valence-corrected chi connectivity index (χ1v) is 14.8. The monoisotopic (exact) mass is 479 g/mol. The zero-order valence-electron chi connectivity index (χ0n) is 21.9. The van der Waals surface area contributed by atoms with Crippen LogP contribution in [-0.4, -0.2) is 71.4 Å². The Balaban J connectivity index is 3.55. The summed E-state index contributed by atoms with van der Waals surface area (Å²) >= 11 is 0. The van der Waals surface area contributed by atoms with E-state index >= 15 is 0 Å². The topological polar surface area (TPSA) is 67.8 Å². The van der Waals surface area contributed by atoms with E-state index in [0.717, 1.165) is 6.42 Å². The van der Waals surface area contributed by atoms with Crippen molar-refractivity contribution in [2.24, 2.45) is 0 Å². The summed E-state index contributed by atoms with van der Waals surface area (Å²) in [6.45, 7) is 4.05. The molecule has 0 aliphatic heterocycles. The summed E-state index contributed by atoms with van der Waals surface area (Å²) in [5, 5.41) is 0. The van der Waals surface area contributed by atoms with Crippen molar-refractivity contribution in [2.45, 2.75) is 103 Å². The molecule has 32 heavy (non-hydrogen) atoms. The number of hydrogen-bond acceptors (Lipinski definition) is 5. The number of ether oxygens (including phenoxy) is 2. The van der Waals surface area contributed by atoms with Gasteiger partial charge in [-0.1, -0.05) is 90.4 Å². The Kier molecular flexibility index (Phi) is 20.4. The minimum absolute atomic E-state index is 0.140. The van der Waals surface area contributed by atoms with Crippen molar-refractivity contribution in [1.29, 1.82) is 0 Å². The Hall–Kier alpha value is 0.0300. The van der Waals surface area contributed by atoms with Gasteiger partial charge in [-0.25, -0.2) is 0 Å². The lowest BCUT2D eigenvalue weighted by atomic mass is 10.0. The second-order valence-electron chi connectivity index (χ2n) is 10.2. The predicted octanol–water partition coefficient (Wildman–Crippen LogP) is 5.78. The SMILES string of the molecule is CCCCCCCCCCCCCCCCOCC(CP(=O)([O-])OCC[N+](C)(C)C)OC. The summed E-state index contributed by atoms with van der Waals surface area (Å²) in [7, 11) is 3.62. The van der Waals surface area contributed by atoms with Crippen LogP contribution in [0.2, 0.25) is 0 Å². The first-order valence-electron chi connectivity index (χ1n) is 13.1. The smallest absolute Gasteiger partial charge is 0.137 e. The second kappa shape index (κ2) is 20.4. The van der Waals surface area contributed by atoms with Crippen molar-refractivity contribution in [2.75, 3.05) is 60.8 Å². The number of methoxy groups -OCH3 is 1. The van der Waals surface area contributed by atoms with Crippen LogP contribution in [0.3, 0.4) is 0 Å². The summed E-state index contributed by atoms with van der Waals surface area (Å²) < 4.78 is 28.8. The maximum atomic E-state index is 12.1. The van der Waals surface area contributed by atoms with Gasteiger partial charge >= 0.3 is 0 Å². The molecule has 0 saturated heterocycles. The zero-order valence-corrected chi connectivity index (χ0v) is 22.8. The largest absolute Gasteiger partial charge is 0.778 e. The molecule has 0 heterocycles. The molecule has 0 rings (SSSR count). The van der Waals surface area contributed by atoms with Gasteiger partial charge in [0, 0.05) is 19.9 Å². The summed E-state index contributed by atoms with van der Waals surface area (Å²) in [6, 6.07) is 0. The third-order valence-corrected chi connectivity index (χ3v) is 7.19. The van der Waals surface area contributed by atoms with Gasteiger partial charge in [0.25, 0.3) is 0 Å². The number of unbranched alkanes of at least 4 members (excludes halogenated alkanes) is 13. The van der Waals surface area contributed by atoms with E-state index in [2.05, 4.69) is 6.92 Å². The highest BCUT2D eigenvalue weighted by Crippen LogP contribution is 2.38. The van der Waals surface area contributed by atoms with Gasteiger partial charge in [-0.3, -0.25) is 0 Å². The van der Waals surface area contributed by atoms with Crippen LogP contribution in [0, 0.1) is 0 Å². The Morgan fingerprint density at radius 3 is 1.69 bits per heavy atom. The highest BCUT2D eigenvalue weighted by molar-refractivity contribution is 7.51. The lowest BCUT2D eigenvalue weighted by Crippen LogP contribution is -2.38. The molecular weight excluding hydrogens is 425 g/mol. The van der Waals surface area contributed by atoms with Crippen LogP contribution in [0.5, 0.6) is 0 Å². The highest BCUT2D eigenvalue weighted by atomic mass is 31.2. The molecule has 2 atom stereocenters. The van der Waals surface area contributed by atoms with Gasteiger partial charge in [0.15, 0.2) is 0 Å². The normalized spacial score (nSPS) is 15.1. The van der Waals surface area contributed by atoms with E-state index in [1.807, 2.05) is 21.1 Å². The number of nitrogens with zero attached hydrogens (tertiary/aromatic N) is 1. The van der Waals surface area contributed by atoms with Crippen LogP contribution in [0.1, 0.15) is 96.8 Å². The first kappa shape index (κ1) is 32.0. The van der Waals surface area contributed by atoms with Crippen molar-refractivity contribution in [3.05, 3.63) is 0 Å². The molecule has 0 aromatic rings. The summed E-state index contributed by atoms with van der Waals surface area (Å²) in [4.78, 5) is 12.1. The highest BCUT2D eigenvalue weighted by Gasteiger charge is 2.19. The zero-order chi connectivity index (χ0) is 24.1. The lowest BCUT2D eigenvalue weighted by Gasteiger charge is -2.29. The van der Waals surface area contributed by atoms with Crippen molar-refractivity contribution >= 4 is 7.60 Å². The fraction of sp³-hybridized carbons (Fsp3) is 1.00. The lowest BCUT2D eigenvalue weighted by molar-refractivity contribution is -0.870. The Morgan fingerprint density at radius 2 is 1.25 bits per heavy atom. The van der Waals surface area contributed by atoms with Crippen molar-refractivity contribution in [3.8, 4) is 0 Å². The van der Waals surface area contributed by atoms with E-state index in [-0.39, 0.29) is 12.8 Å². The van der Waals surface area contributed by atoms with Crippen LogP contribution >= 0.6 is 7.60 Å². The fourth-order valence-electron chi connectivity index (χ4n) is 3.56. The molecule has 0 saturated carbocycles. The molecule has 194 valence electrons. The van der Waals surface area contributed by atoms with Gasteiger partial charge in [-0.15, -0.1) is 0 Å². The summed E-state index contributed by atoms with van der Waals surface area (Å²) in [5.41, 5.74) is 0. The first-order chi connectivity index (χ1) is 15.2. The van der Waals surface area contributed by atoms with Crippen LogP contribution in [-0.2, 0) is 18.6 Å². The fourth-order valence-corrected chi connectivity index (χ4v) is 4.78. The molecular formula is C25H54NO5P.